The Morgan fingerprint density at radius 1 is 1.11 bits per heavy atom. The molecule has 0 fully saturated rings. The van der Waals surface area contributed by atoms with E-state index >= 15 is 0 Å². The van der Waals surface area contributed by atoms with Crippen molar-refractivity contribution in [3.05, 3.63) is 62.5 Å². The first-order valence-corrected chi connectivity index (χ1v) is 7.67. The SMILES string of the molecule is Cc1ccccc1NC(CN)c1ccc(Br)c(Br)c1. The van der Waals surface area contributed by atoms with Crippen molar-refractivity contribution in [2.45, 2.75) is 13.0 Å². The van der Waals surface area contributed by atoms with Crippen LogP contribution in [0.5, 0.6) is 0 Å². The van der Waals surface area contributed by atoms with Crippen molar-refractivity contribution >= 4 is 37.5 Å². The lowest BCUT2D eigenvalue weighted by molar-refractivity contribution is 0.788. The van der Waals surface area contributed by atoms with Crippen molar-refractivity contribution in [2.75, 3.05) is 11.9 Å². The zero-order chi connectivity index (χ0) is 13.8. The van der Waals surface area contributed by atoms with Crippen LogP contribution in [0, 0.1) is 6.92 Å². The van der Waals surface area contributed by atoms with E-state index in [9.17, 15) is 0 Å². The smallest absolute Gasteiger partial charge is 0.0636 e. The standard InChI is InChI=1S/C15H16Br2N2/c1-10-4-2-3-5-14(10)19-15(9-18)11-6-7-12(16)13(17)8-11/h2-8,15,19H,9,18H2,1H3. The van der Waals surface area contributed by atoms with Gasteiger partial charge in [0.05, 0.1) is 6.04 Å². The van der Waals surface area contributed by atoms with Crippen LogP contribution in [0.3, 0.4) is 0 Å². The highest BCUT2D eigenvalue weighted by Gasteiger charge is 2.11. The number of nitrogens with two attached hydrogens (primary N) is 1. The van der Waals surface area contributed by atoms with E-state index < -0.39 is 0 Å². The molecular weight excluding hydrogens is 368 g/mol. The molecule has 0 saturated carbocycles. The Morgan fingerprint density at radius 2 is 1.84 bits per heavy atom. The molecule has 0 radical (unpaired) electrons. The van der Waals surface area contributed by atoms with Gasteiger partial charge in [0, 0.05) is 21.2 Å². The van der Waals surface area contributed by atoms with Gasteiger partial charge in [-0.1, -0.05) is 24.3 Å². The molecule has 2 aromatic rings. The fraction of sp³-hybridized carbons (Fsp3) is 0.200. The summed E-state index contributed by atoms with van der Waals surface area (Å²) in [7, 11) is 0. The van der Waals surface area contributed by atoms with Gasteiger partial charge in [0.1, 0.15) is 0 Å². The number of rotatable bonds is 4. The predicted octanol–water partition coefficient (Wildman–Crippen LogP) is 4.63. The second-order valence-electron chi connectivity index (χ2n) is 4.42. The van der Waals surface area contributed by atoms with E-state index in [0.29, 0.717) is 6.54 Å². The maximum absolute atomic E-state index is 5.90. The van der Waals surface area contributed by atoms with Gasteiger partial charge in [0.25, 0.3) is 0 Å². The zero-order valence-corrected chi connectivity index (χ0v) is 13.8. The van der Waals surface area contributed by atoms with Crippen molar-refractivity contribution in [2.24, 2.45) is 5.73 Å². The second kappa shape index (κ2) is 6.55. The third-order valence-electron chi connectivity index (χ3n) is 3.06. The van der Waals surface area contributed by atoms with Gasteiger partial charge in [0.2, 0.25) is 0 Å². The molecule has 2 rings (SSSR count). The van der Waals surface area contributed by atoms with Crippen LogP contribution >= 0.6 is 31.9 Å². The summed E-state index contributed by atoms with van der Waals surface area (Å²) in [5.41, 5.74) is 9.41. The number of nitrogens with one attached hydrogen (secondary N) is 1. The van der Waals surface area contributed by atoms with Crippen molar-refractivity contribution in [1.29, 1.82) is 0 Å². The summed E-state index contributed by atoms with van der Waals surface area (Å²) in [4.78, 5) is 0. The van der Waals surface area contributed by atoms with Gasteiger partial charge < -0.3 is 11.1 Å². The molecule has 0 saturated heterocycles. The van der Waals surface area contributed by atoms with E-state index in [2.05, 4.69) is 68.4 Å². The monoisotopic (exact) mass is 382 g/mol. The Hall–Kier alpha value is -0.840. The van der Waals surface area contributed by atoms with Crippen molar-refractivity contribution in [3.63, 3.8) is 0 Å². The summed E-state index contributed by atoms with van der Waals surface area (Å²) in [6.07, 6.45) is 0. The first kappa shape index (κ1) is 14.6. The number of hydrogen-bond acceptors (Lipinski definition) is 2. The number of para-hydroxylation sites is 1. The highest BCUT2D eigenvalue weighted by molar-refractivity contribution is 9.13. The van der Waals surface area contributed by atoms with Crippen LogP contribution in [0.15, 0.2) is 51.4 Å². The third kappa shape index (κ3) is 3.59. The van der Waals surface area contributed by atoms with Crippen LogP contribution in [0.25, 0.3) is 0 Å². The van der Waals surface area contributed by atoms with E-state index in [1.54, 1.807) is 0 Å². The molecule has 19 heavy (non-hydrogen) atoms. The van der Waals surface area contributed by atoms with Gasteiger partial charge in [0.15, 0.2) is 0 Å². The summed E-state index contributed by atoms with van der Waals surface area (Å²) in [5.74, 6) is 0. The molecule has 100 valence electrons. The highest BCUT2D eigenvalue weighted by atomic mass is 79.9. The molecule has 1 unspecified atom stereocenters. The maximum Gasteiger partial charge on any atom is 0.0636 e. The normalized spacial score (nSPS) is 12.2. The minimum Gasteiger partial charge on any atom is -0.377 e. The lowest BCUT2D eigenvalue weighted by Gasteiger charge is -2.20. The molecule has 2 aromatic carbocycles. The minimum atomic E-state index is 0.102. The van der Waals surface area contributed by atoms with E-state index in [1.807, 2.05) is 18.2 Å². The molecule has 0 aliphatic heterocycles. The van der Waals surface area contributed by atoms with Crippen LogP contribution in [-0.2, 0) is 0 Å². The average molecular weight is 384 g/mol. The van der Waals surface area contributed by atoms with Gasteiger partial charge in [-0.3, -0.25) is 0 Å². The molecule has 0 amide bonds. The maximum atomic E-state index is 5.90. The number of anilines is 1. The van der Waals surface area contributed by atoms with Gasteiger partial charge in [-0.05, 0) is 68.1 Å². The molecule has 1 atom stereocenters. The van der Waals surface area contributed by atoms with Gasteiger partial charge in [-0.25, -0.2) is 0 Å². The first-order chi connectivity index (χ1) is 9.11. The van der Waals surface area contributed by atoms with Crippen LogP contribution in [0.4, 0.5) is 5.69 Å². The molecule has 4 heteroatoms. The summed E-state index contributed by atoms with van der Waals surface area (Å²) >= 11 is 7.01. The highest BCUT2D eigenvalue weighted by Crippen LogP contribution is 2.28. The summed E-state index contributed by atoms with van der Waals surface area (Å²) in [6, 6.07) is 14.5. The fourth-order valence-corrected chi connectivity index (χ4v) is 2.57. The lowest BCUT2D eigenvalue weighted by atomic mass is 10.1. The molecule has 0 aromatic heterocycles. The third-order valence-corrected chi connectivity index (χ3v) is 4.94. The number of halogens is 2. The van der Waals surface area contributed by atoms with Crippen molar-refractivity contribution in [1.82, 2.24) is 0 Å². The number of hydrogen-bond donors (Lipinski definition) is 2. The van der Waals surface area contributed by atoms with Crippen LogP contribution in [0.2, 0.25) is 0 Å². The van der Waals surface area contributed by atoms with E-state index in [0.717, 1.165) is 14.6 Å². The average Bonchev–Trinajstić information content (AvgIpc) is 2.41. The van der Waals surface area contributed by atoms with Crippen molar-refractivity contribution < 1.29 is 0 Å². The van der Waals surface area contributed by atoms with E-state index in [-0.39, 0.29) is 6.04 Å². The molecular formula is C15H16Br2N2. The molecule has 0 bridgehead atoms. The van der Waals surface area contributed by atoms with Crippen LogP contribution in [0.1, 0.15) is 17.2 Å². The Morgan fingerprint density at radius 3 is 2.47 bits per heavy atom. The molecule has 0 aliphatic carbocycles. The molecule has 3 N–H and O–H groups in total. The van der Waals surface area contributed by atoms with Crippen LogP contribution < -0.4 is 11.1 Å². The Balaban J connectivity index is 2.25. The van der Waals surface area contributed by atoms with E-state index in [4.69, 9.17) is 5.73 Å². The predicted molar refractivity (Wildman–Crippen MR) is 88.4 cm³/mol. The molecule has 0 heterocycles. The Kier molecular flexibility index (Phi) is 5.02. The van der Waals surface area contributed by atoms with Gasteiger partial charge in [-0.15, -0.1) is 0 Å². The van der Waals surface area contributed by atoms with Gasteiger partial charge >= 0.3 is 0 Å². The zero-order valence-electron chi connectivity index (χ0n) is 10.7. The Bertz CT molecular complexity index is 570. The lowest BCUT2D eigenvalue weighted by Crippen LogP contribution is -2.21. The molecule has 0 spiro atoms. The van der Waals surface area contributed by atoms with Crippen molar-refractivity contribution in [3.8, 4) is 0 Å². The molecule has 2 nitrogen and oxygen atoms in total. The number of benzene rings is 2. The molecule has 0 aliphatic rings. The van der Waals surface area contributed by atoms with Gasteiger partial charge in [-0.2, -0.15) is 0 Å². The van der Waals surface area contributed by atoms with E-state index in [1.165, 1.54) is 11.1 Å². The largest absolute Gasteiger partial charge is 0.377 e. The minimum absolute atomic E-state index is 0.102. The van der Waals surface area contributed by atoms with Crippen LogP contribution in [-0.4, -0.2) is 6.54 Å². The number of aryl methyl sites for hydroxylation is 1. The first-order valence-electron chi connectivity index (χ1n) is 6.09. The topological polar surface area (TPSA) is 38.0 Å². The quantitative estimate of drug-likeness (QED) is 0.807. The summed E-state index contributed by atoms with van der Waals surface area (Å²) in [6.45, 7) is 2.63. The fourth-order valence-electron chi connectivity index (χ4n) is 1.93. The second-order valence-corrected chi connectivity index (χ2v) is 6.13. The summed E-state index contributed by atoms with van der Waals surface area (Å²) < 4.78 is 2.08. The Labute approximate surface area is 130 Å². The summed E-state index contributed by atoms with van der Waals surface area (Å²) in [5, 5.41) is 3.50.